The second kappa shape index (κ2) is 8.48. The molecule has 0 spiro atoms. The molecule has 0 amide bonds. The number of rotatable bonds is 6. The highest BCUT2D eigenvalue weighted by molar-refractivity contribution is 8.00. The Labute approximate surface area is 154 Å². The summed E-state index contributed by atoms with van der Waals surface area (Å²) < 4.78 is 1.18. The Bertz CT molecular complexity index is 630. The highest BCUT2D eigenvalue weighted by Crippen LogP contribution is 2.25. The fraction of sp³-hybridized carbons (Fsp3) is 0.526. The number of hydrogen-bond acceptors (Lipinski definition) is 5. The van der Waals surface area contributed by atoms with E-state index >= 15 is 0 Å². The minimum absolute atomic E-state index is 0.700. The summed E-state index contributed by atoms with van der Waals surface area (Å²) in [5, 5.41) is 0. The summed E-state index contributed by atoms with van der Waals surface area (Å²) in [5.41, 5.74) is 2.75. The summed E-state index contributed by atoms with van der Waals surface area (Å²) in [6.07, 6.45) is 6.66. The zero-order chi connectivity index (χ0) is 16.9. The molecule has 0 unspecified atom stereocenters. The van der Waals surface area contributed by atoms with E-state index < -0.39 is 0 Å². The first kappa shape index (κ1) is 17.9. The van der Waals surface area contributed by atoms with Gasteiger partial charge in [0.1, 0.15) is 4.34 Å². The monoisotopic (exact) mass is 361 g/mol. The molecular formula is C19H27N3S2. The molecule has 130 valence electrons. The van der Waals surface area contributed by atoms with Crippen LogP contribution < -0.4 is 0 Å². The zero-order valence-electron chi connectivity index (χ0n) is 14.9. The molecule has 2 aromatic rings. The maximum Gasteiger partial charge on any atom is 0.149 e. The van der Waals surface area contributed by atoms with Crippen LogP contribution in [0, 0.1) is 6.92 Å². The van der Waals surface area contributed by atoms with Gasteiger partial charge in [-0.2, -0.15) is 0 Å². The molecule has 1 fully saturated rings. The molecule has 1 aromatic carbocycles. The molecular weight excluding hydrogens is 334 g/mol. The van der Waals surface area contributed by atoms with E-state index in [1.54, 1.807) is 11.8 Å². The van der Waals surface area contributed by atoms with Crippen LogP contribution in [0.1, 0.15) is 28.8 Å². The number of thiazole rings is 1. The molecule has 5 heteroatoms. The minimum Gasteiger partial charge on any atom is -0.299 e. The molecule has 0 aliphatic carbocycles. The summed E-state index contributed by atoms with van der Waals surface area (Å²) in [7, 11) is 2.27. The molecule has 0 bridgehead atoms. The van der Waals surface area contributed by atoms with Crippen molar-refractivity contribution in [3.05, 3.63) is 46.5 Å². The SMILES string of the molecule is CSc1ncc(CN2CCC(N(C)Cc3ccc(C)cc3)CC2)s1. The van der Waals surface area contributed by atoms with Crippen LogP contribution in [0.2, 0.25) is 0 Å². The van der Waals surface area contributed by atoms with Crippen molar-refractivity contribution in [2.45, 2.75) is 43.2 Å². The van der Waals surface area contributed by atoms with Crippen molar-refractivity contribution in [3.8, 4) is 0 Å². The molecule has 0 saturated carbocycles. The zero-order valence-corrected chi connectivity index (χ0v) is 16.5. The van der Waals surface area contributed by atoms with Gasteiger partial charge in [-0.15, -0.1) is 11.3 Å². The van der Waals surface area contributed by atoms with Gasteiger partial charge < -0.3 is 0 Å². The van der Waals surface area contributed by atoms with E-state index in [1.165, 1.54) is 46.3 Å². The van der Waals surface area contributed by atoms with Crippen molar-refractivity contribution in [2.24, 2.45) is 0 Å². The molecule has 1 aromatic heterocycles. The summed E-state index contributed by atoms with van der Waals surface area (Å²) in [5.74, 6) is 0. The van der Waals surface area contributed by atoms with E-state index in [2.05, 4.69) is 59.3 Å². The van der Waals surface area contributed by atoms with Gasteiger partial charge in [0.25, 0.3) is 0 Å². The topological polar surface area (TPSA) is 19.4 Å². The van der Waals surface area contributed by atoms with Crippen LogP contribution in [-0.4, -0.2) is 47.2 Å². The maximum atomic E-state index is 4.44. The van der Waals surface area contributed by atoms with E-state index in [-0.39, 0.29) is 0 Å². The molecule has 0 radical (unpaired) electrons. The number of aryl methyl sites for hydroxylation is 1. The van der Waals surface area contributed by atoms with Gasteiger partial charge in [-0.1, -0.05) is 41.6 Å². The van der Waals surface area contributed by atoms with Gasteiger partial charge in [0.2, 0.25) is 0 Å². The first-order valence-electron chi connectivity index (χ1n) is 8.61. The maximum absolute atomic E-state index is 4.44. The van der Waals surface area contributed by atoms with Crippen LogP contribution in [0.15, 0.2) is 34.8 Å². The van der Waals surface area contributed by atoms with E-state index in [0.29, 0.717) is 6.04 Å². The second-order valence-electron chi connectivity index (χ2n) is 6.70. The van der Waals surface area contributed by atoms with Crippen LogP contribution in [0.25, 0.3) is 0 Å². The highest BCUT2D eigenvalue weighted by atomic mass is 32.2. The van der Waals surface area contributed by atoms with Crippen molar-refractivity contribution < 1.29 is 0 Å². The molecule has 0 N–H and O–H groups in total. The molecule has 3 nitrogen and oxygen atoms in total. The quantitative estimate of drug-likeness (QED) is 0.715. The Morgan fingerprint density at radius 2 is 1.96 bits per heavy atom. The predicted molar refractivity (Wildman–Crippen MR) is 105 cm³/mol. The molecule has 24 heavy (non-hydrogen) atoms. The van der Waals surface area contributed by atoms with Gasteiger partial charge in [0.15, 0.2) is 0 Å². The first-order valence-corrected chi connectivity index (χ1v) is 10.6. The minimum atomic E-state index is 0.700. The average molecular weight is 362 g/mol. The lowest BCUT2D eigenvalue weighted by Gasteiger charge is -2.36. The lowest BCUT2D eigenvalue weighted by molar-refractivity contribution is 0.120. The number of likely N-dealkylation sites (tertiary alicyclic amines) is 1. The Hall–Kier alpha value is -0.880. The van der Waals surface area contributed by atoms with Crippen LogP contribution in [0.4, 0.5) is 0 Å². The molecule has 1 saturated heterocycles. The number of thioether (sulfide) groups is 1. The van der Waals surface area contributed by atoms with Gasteiger partial charge in [0.05, 0.1) is 0 Å². The molecule has 3 rings (SSSR count). The van der Waals surface area contributed by atoms with Crippen molar-refractivity contribution in [1.29, 1.82) is 0 Å². The number of nitrogens with zero attached hydrogens (tertiary/aromatic N) is 3. The number of benzene rings is 1. The van der Waals surface area contributed by atoms with Gasteiger partial charge in [-0.05, 0) is 38.6 Å². The Morgan fingerprint density at radius 1 is 1.25 bits per heavy atom. The third kappa shape index (κ3) is 4.82. The van der Waals surface area contributed by atoms with Gasteiger partial charge in [0, 0.05) is 43.3 Å². The van der Waals surface area contributed by atoms with Crippen LogP contribution >= 0.6 is 23.1 Å². The predicted octanol–water partition coefficient (Wildman–Crippen LogP) is 4.27. The average Bonchev–Trinajstić information content (AvgIpc) is 3.05. The van der Waals surface area contributed by atoms with Crippen molar-refractivity contribution in [3.63, 3.8) is 0 Å². The second-order valence-corrected chi connectivity index (χ2v) is 8.87. The smallest absolute Gasteiger partial charge is 0.149 e. The Morgan fingerprint density at radius 3 is 2.58 bits per heavy atom. The molecule has 2 heterocycles. The summed E-state index contributed by atoms with van der Waals surface area (Å²) >= 11 is 3.58. The summed E-state index contributed by atoms with van der Waals surface area (Å²) in [6.45, 7) is 6.64. The largest absolute Gasteiger partial charge is 0.299 e. The Kier molecular flexibility index (Phi) is 6.33. The molecule has 1 aliphatic rings. The normalized spacial score (nSPS) is 16.8. The van der Waals surface area contributed by atoms with E-state index in [1.807, 2.05) is 17.5 Å². The van der Waals surface area contributed by atoms with E-state index in [0.717, 1.165) is 13.1 Å². The van der Waals surface area contributed by atoms with Crippen molar-refractivity contribution >= 4 is 23.1 Å². The lowest BCUT2D eigenvalue weighted by atomic mass is 10.0. The van der Waals surface area contributed by atoms with E-state index in [9.17, 15) is 0 Å². The van der Waals surface area contributed by atoms with Crippen LogP contribution in [-0.2, 0) is 13.1 Å². The fourth-order valence-corrected chi connectivity index (χ4v) is 4.80. The number of aromatic nitrogens is 1. The van der Waals surface area contributed by atoms with Gasteiger partial charge in [-0.3, -0.25) is 9.80 Å². The number of hydrogen-bond donors (Lipinski definition) is 0. The first-order chi connectivity index (χ1) is 11.6. The van der Waals surface area contributed by atoms with Crippen molar-refractivity contribution in [2.75, 3.05) is 26.4 Å². The van der Waals surface area contributed by atoms with E-state index in [4.69, 9.17) is 0 Å². The van der Waals surface area contributed by atoms with Crippen LogP contribution in [0.3, 0.4) is 0 Å². The summed E-state index contributed by atoms with van der Waals surface area (Å²) in [6, 6.07) is 9.64. The molecule has 1 aliphatic heterocycles. The Balaban J connectivity index is 1.46. The van der Waals surface area contributed by atoms with Gasteiger partial charge in [-0.25, -0.2) is 4.98 Å². The fourth-order valence-electron chi connectivity index (χ4n) is 3.31. The lowest BCUT2D eigenvalue weighted by Crippen LogP contribution is -2.42. The standard InChI is InChI=1S/C19H27N3S2/c1-15-4-6-16(7-5-15)13-21(2)17-8-10-22(11-9-17)14-18-12-20-19(23-3)24-18/h4-7,12,17H,8-11,13-14H2,1-3H3. The third-order valence-corrected chi connectivity index (χ3v) is 6.80. The van der Waals surface area contributed by atoms with Crippen molar-refractivity contribution in [1.82, 2.24) is 14.8 Å². The summed E-state index contributed by atoms with van der Waals surface area (Å²) in [4.78, 5) is 10.9. The van der Waals surface area contributed by atoms with Crippen LogP contribution in [0.5, 0.6) is 0 Å². The molecule has 0 atom stereocenters. The third-order valence-electron chi connectivity index (χ3n) is 4.82. The highest BCUT2D eigenvalue weighted by Gasteiger charge is 2.22. The number of piperidine rings is 1. The van der Waals surface area contributed by atoms with Gasteiger partial charge >= 0.3 is 0 Å².